The van der Waals surface area contributed by atoms with E-state index in [1.54, 1.807) is 0 Å². The van der Waals surface area contributed by atoms with E-state index in [9.17, 15) is 0 Å². The second-order valence-electron chi connectivity index (χ2n) is 4.65. The monoisotopic (exact) mass is 292 g/mol. The van der Waals surface area contributed by atoms with E-state index < -0.39 is 0 Å². The van der Waals surface area contributed by atoms with Crippen molar-refractivity contribution in [1.82, 2.24) is 0 Å². The lowest BCUT2D eigenvalue weighted by molar-refractivity contribution is 0.489. The molecule has 2 atom stereocenters. The van der Waals surface area contributed by atoms with Crippen LogP contribution in [0.1, 0.15) is 38.2 Å². The van der Waals surface area contributed by atoms with Gasteiger partial charge in [-0.25, -0.2) is 0 Å². The maximum absolute atomic E-state index is 9.13. The zero-order chi connectivity index (χ0) is 12.3. The summed E-state index contributed by atoms with van der Waals surface area (Å²) in [5.74, 6) is 0.755. The standard InChI is InChI=1S/C14H17BrN2/c1-2-10-4-3-5-13(10)17-14-7-6-12(15)8-11(14)9-16/h6-8,10,13,17H,2-5H2,1H3. The van der Waals surface area contributed by atoms with Crippen LogP contribution in [-0.2, 0) is 0 Å². The van der Waals surface area contributed by atoms with Gasteiger partial charge in [0.25, 0.3) is 0 Å². The van der Waals surface area contributed by atoms with E-state index >= 15 is 0 Å². The first-order chi connectivity index (χ1) is 8.24. The van der Waals surface area contributed by atoms with Crippen molar-refractivity contribution < 1.29 is 0 Å². The molecule has 1 aliphatic carbocycles. The lowest BCUT2D eigenvalue weighted by Crippen LogP contribution is -2.23. The molecule has 1 aliphatic rings. The number of rotatable bonds is 3. The lowest BCUT2D eigenvalue weighted by atomic mass is 10.00. The Morgan fingerprint density at radius 3 is 3.00 bits per heavy atom. The molecule has 2 unspecified atom stereocenters. The van der Waals surface area contributed by atoms with Crippen LogP contribution in [0.2, 0.25) is 0 Å². The fourth-order valence-electron chi connectivity index (χ4n) is 2.65. The molecule has 0 amide bonds. The van der Waals surface area contributed by atoms with Gasteiger partial charge >= 0.3 is 0 Å². The van der Waals surface area contributed by atoms with Crippen molar-refractivity contribution >= 4 is 21.6 Å². The van der Waals surface area contributed by atoms with Gasteiger partial charge in [0.15, 0.2) is 0 Å². The first-order valence-corrected chi connectivity index (χ1v) is 7.00. The Hall–Kier alpha value is -1.01. The van der Waals surface area contributed by atoms with Crippen LogP contribution in [0.5, 0.6) is 0 Å². The normalized spacial score (nSPS) is 23.4. The van der Waals surface area contributed by atoms with Crippen molar-refractivity contribution in [1.29, 1.82) is 5.26 Å². The van der Waals surface area contributed by atoms with Crippen molar-refractivity contribution in [3.63, 3.8) is 0 Å². The zero-order valence-electron chi connectivity index (χ0n) is 10.0. The van der Waals surface area contributed by atoms with Gasteiger partial charge in [-0.15, -0.1) is 0 Å². The molecule has 0 radical (unpaired) electrons. The Bertz CT molecular complexity index is 436. The SMILES string of the molecule is CCC1CCCC1Nc1ccc(Br)cc1C#N. The molecule has 0 aromatic heterocycles. The second kappa shape index (κ2) is 5.55. The van der Waals surface area contributed by atoms with Crippen LogP contribution in [0.4, 0.5) is 5.69 Å². The maximum Gasteiger partial charge on any atom is 0.101 e. The largest absolute Gasteiger partial charge is 0.381 e. The number of hydrogen-bond acceptors (Lipinski definition) is 2. The van der Waals surface area contributed by atoms with Crippen molar-refractivity contribution in [2.45, 2.75) is 38.6 Å². The van der Waals surface area contributed by atoms with Crippen molar-refractivity contribution in [3.05, 3.63) is 28.2 Å². The van der Waals surface area contributed by atoms with E-state index in [0.717, 1.165) is 21.6 Å². The highest BCUT2D eigenvalue weighted by Gasteiger charge is 2.25. The van der Waals surface area contributed by atoms with Gasteiger partial charge in [-0.2, -0.15) is 5.26 Å². The van der Waals surface area contributed by atoms with Crippen molar-refractivity contribution in [2.75, 3.05) is 5.32 Å². The van der Waals surface area contributed by atoms with Crippen molar-refractivity contribution in [3.8, 4) is 6.07 Å². The number of benzene rings is 1. The van der Waals surface area contributed by atoms with Crippen LogP contribution in [0, 0.1) is 17.2 Å². The molecule has 0 heterocycles. The van der Waals surface area contributed by atoms with Crippen LogP contribution < -0.4 is 5.32 Å². The van der Waals surface area contributed by atoms with E-state index in [2.05, 4.69) is 34.2 Å². The van der Waals surface area contributed by atoms with E-state index in [0.29, 0.717) is 6.04 Å². The summed E-state index contributed by atoms with van der Waals surface area (Å²) in [6.07, 6.45) is 5.05. The third-order valence-electron chi connectivity index (χ3n) is 3.63. The number of hydrogen-bond donors (Lipinski definition) is 1. The summed E-state index contributed by atoms with van der Waals surface area (Å²) in [6.45, 7) is 2.25. The van der Waals surface area contributed by atoms with E-state index in [1.807, 2.05) is 18.2 Å². The molecule has 17 heavy (non-hydrogen) atoms. The van der Waals surface area contributed by atoms with E-state index in [4.69, 9.17) is 5.26 Å². The Kier molecular flexibility index (Phi) is 4.06. The summed E-state index contributed by atoms with van der Waals surface area (Å²) >= 11 is 3.40. The molecule has 2 rings (SSSR count). The molecule has 2 nitrogen and oxygen atoms in total. The van der Waals surface area contributed by atoms with Crippen LogP contribution in [-0.4, -0.2) is 6.04 Å². The molecular formula is C14H17BrN2. The molecule has 0 bridgehead atoms. The summed E-state index contributed by atoms with van der Waals surface area (Å²) in [4.78, 5) is 0. The highest BCUT2D eigenvalue weighted by molar-refractivity contribution is 9.10. The number of anilines is 1. The van der Waals surface area contributed by atoms with Gasteiger partial charge in [-0.1, -0.05) is 35.7 Å². The number of halogens is 1. The van der Waals surface area contributed by atoms with Gasteiger partial charge in [0.1, 0.15) is 6.07 Å². The topological polar surface area (TPSA) is 35.8 Å². The average molecular weight is 293 g/mol. The van der Waals surface area contributed by atoms with Crippen LogP contribution >= 0.6 is 15.9 Å². The molecule has 1 fully saturated rings. The number of nitriles is 1. The van der Waals surface area contributed by atoms with Gasteiger partial charge in [0.05, 0.1) is 11.3 Å². The Labute approximate surface area is 111 Å². The minimum Gasteiger partial charge on any atom is -0.381 e. The fourth-order valence-corrected chi connectivity index (χ4v) is 3.01. The van der Waals surface area contributed by atoms with Gasteiger partial charge < -0.3 is 5.32 Å². The summed E-state index contributed by atoms with van der Waals surface area (Å²) in [5, 5.41) is 12.7. The quantitative estimate of drug-likeness (QED) is 0.901. The summed E-state index contributed by atoms with van der Waals surface area (Å²) in [5.41, 5.74) is 1.70. The molecule has 1 saturated carbocycles. The smallest absolute Gasteiger partial charge is 0.101 e. The second-order valence-corrected chi connectivity index (χ2v) is 5.57. The van der Waals surface area contributed by atoms with E-state index in [-0.39, 0.29) is 0 Å². The van der Waals surface area contributed by atoms with Crippen LogP contribution in [0.25, 0.3) is 0 Å². The molecule has 1 N–H and O–H groups in total. The molecular weight excluding hydrogens is 276 g/mol. The Morgan fingerprint density at radius 2 is 2.29 bits per heavy atom. The summed E-state index contributed by atoms with van der Waals surface area (Å²) in [7, 11) is 0. The zero-order valence-corrected chi connectivity index (χ0v) is 11.6. The molecule has 1 aromatic rings. The molecule has 3 heteroatoms. The highest BCUT2D eigenvalue weighted by Crippen LogP contribution is 2.32. The Morgan fingerprint density at radius 1 is 1.47 bits per heavy atom. The molecule has 1 aromatic carbocycles. The minimum atomic E-state index is 0.535. The van der Waals surface area contributed by atoms with Gasteiger partial charge in [0, 0.05) is 10.5 Å². The average Bonchev–Trinajstić information content (AvgIpc) is 2.78. The molecule has 0 spiro atoms. The van der Waals surface area contributed by atoms with Gasteiger partial charge in [-0.05, 0) is 37.0 Å². The minimum absolute atomic E-state index is 0.535. The number of nitrogens with one attached hydrogen (secondary N) is 1. The van der Waals surface area contributed by atoms with Crippen LogP contribution in [0.3, 0.4) is 0 Å². The first-order valence-electron chi connectivity index (χ1n) is 6.20. The first kappa shape index (κ1) is 12.4. The van der Waals surface area contributed by atoms with E-state index in [1.165, 1.54) is 25.7 Å². The van der Waals surface area contributed by atoms with Gasteiger partial charge in [-0.3, -0.25) is 0 Å². The maximum atomic E-state index is 9.13. The third kappa shape index (κ3) is 2.81. The van der Waals surface area contributed by atoms with Crippen LogP contribution in [0.15, 0.2) is 22.7 Å². The summed E-state index contributed by atoms with van der Waals surface area (Å²) < 4.78 is 0.957. The lowest BCUT2D eigenvalue weighted by Gasteiger charge is -2.21. The number of nitrogens with zero attached hydrogens (tertiary/aromatic N) is 1. The summed E-state index contributed by atoms with van der Waals surface area (Å²) in [6, 6.07) is 8.64. The third-order valence-corrected chi connectivity index (χ3v) is 4.12. The van der Waals surface area contributed by atoms with Crippen molar-refractivity contribution in [2.24, 2.45) is 5.92 Å². The van der Waals surface area contributed by atoms with Gasteiger partial charge in [0.2, 0.25) is 0 Å². The molecule has 90 valence electrons. The fraction of sp³-hybridized carbons (Fsp3) is 0.500. The predicted octanol–water partition coefficient (Wildman–Crippen LogP) is 4.31. The molecule has 0 aliphatic heterocycles. The Balaban J connectivity index is 2.16. The highest BCUT2D eigenvalue weighted by atomic mass is 79.9. The molecule has 0 saturated heterocycles. The predicted molar refractivity (Wildman–Crippen MR) is 73.9 cm³/mol.